The number of halogens is 1. The van der Waals surface area contributed by atoms with Gasteiger partial charge in [0.25, 0.3) is 5.91 Å². The monoisotopic (exact) mass is 401 g/mol. The fourth-order valence-electron chi connectivity index (χ4n) is 2.68. The summed E-state index contributed by atoms with van der Waals surface area (Å²) in [5.74, 6) is -1.01. The van der Waals surface area contributed by atoms with E-state index in [0.717, 1.165) is 0 Å². The smallest absolute Gasteiger partial charge is 0.328 e. The lowest BCUT2D eigenvalue weighted by Crippen LogP contribution is -2.44. The fraction of sp³-hybridized carbons (Fsp3) is 0.318. The molecule has 0 heterocycles. The standard InChI is InChI=1S/C22H24FNO5/c1-14(2)12-19(22(27)28-3)24-20(25)13-29-18-10-6-16(7-11-18)21(26)15-4-8-17(23)9-5-15/h4-11,14,19H,12-13H2,1-3H3,(H,24,25)/t19-/m0/s1. The number of rotatable bonds is 9. The summed E-state index contributed by atoms with van der Waals surface area (Å²) in [5, 5.41) is 2.60. The average molecular weight is 401 g/mol. The molecule has 0 aromatic heterocycles. The van der Waals surface area contributed by atoms with Crippen molar-refractivity contribution in [2.24, 2.45) is 5.92 Å². The van der Waals surface area contributed by atoms with Crippen molar-refractivity contribution in [3.8, 4) is 5.75 Å². The van der Waals surface area contributed by atoms with Crippen molar-refractivity contribution >= 4 is 17.7 Å². The third-order valence-corrected chi connectivity index (χ3v) is 4.12. The van der Waals surface area contributed by atoms with E-state index in [1.54, 1.807) is 24.3 Å². The topological polar surface area (TPSA) is 81.7 Å². The van der Waals surface area contributed by atoms with Crippen LogP contribution in [0.25, 0.3) is 0 Å². The summed E-state index contributed by atoms with van der Waals surface area (Å²) in [6.45, 7) is 3.59. The van der Waals surface area contributed by atoms with Gasteiger partial charge in [-0.15, -0.1) is 0 Å². The van der Waals surface area contributed by atoms with Crippen LogP contribution in [0, 0.1) is 11.7 Å². The molecule has 0 aliphatic heterocycles. The van der Waals surface area contributed by atoms with E-state index in [-0.39, 0.29) is 18.3 Å². The van der Waals surface area contributed by atoms with Crippen LogP contribution in [0.3, 0.4) is 0 Å². The van der Waals surface area contributed by atoms with Gasteiger partial charge in [0.2, 0.25) is 0 Å². The molecular weight excluding hydrogens is 377 g/mol. The van der Waals surface area contributed by atoms with Gasteiger partial charge < -0.3 is 14.8 Å². The quantitative estimate of drug-likeness (QED) is 0.516. The minimum absolute atomic E-state index is 0.200. The van der Waals surface area contributed by atoms with Gasteiger partial charge in [-0.3, -0.25) is 9.59 Å². The van der Waals surface area contributed by atoms with Crippen LogP contribution in [0.1, 0.15) is 36.2 Å². The summed E-state index contributed by atoms with van der Waals surface area (Å²) in [6.07, 6.45) is 0.457. The van der Waals surface area contributed by atoms with Crippen LogP contribution in [-0.2, 0) is 14.3 Å². The lowest BCUT2D eigenvalue weighted by molar-refractivity contribution is -0.145. The Kier molecular flexibility index (Phi) is 7.88. The highest BCUT2D eigenvalue weighted by Gasteiger charge is 2.22. The zero-order chi connectivity index (χ0) is 21.4. The molecule has 1 atom stereocenters. The van der Waals surface area contributed by atoms with Crippen molar-refractivity contribution in [2.75, 3.05) is 13.7 Å². The molecule has 0 saturated carbocycles. The molecule has 1 amide bonds. The van der Waals surface area contributed by atoms with Gasteiger partial charge in [0.1, 0.15) is 17.6 Å². The number of nitrogens with one attached hydrogen (secondary N) is 1. The van der Waals surface area contributed by atoms with E-state index in [9.17, 15) is 18.8 Å². The molecule has 2 aromatic rings. The average Bonchev–Trinajstić information content (AvgIpc) is 2.71. The molecule has 0 bridgehead atoms. The zero-order valence-corrected chi connectivity index (χ0v) is 16.6. The number of methoxy groups -OCH3 is 1. The molecule has 0 aliphatic carbocycles. The Labute approximate surface area is 169 Å². The van der Waals surface area contributed by atoms with Crippen molar-refractivity contribution < 1.29 is 28.2 Å². The Bertz CT molecular complexity index is 847. The van der Waals surface area contributed by atoms with Crippen LogP contribution >= 0.6 is 0 Å². The SMILES string of the molecule is COC(=O)[C@H](CC(C)C)NC(=O)COc1ccc(C(=O)c2ccc(F)cc2)cc1. The highest BCUT2D eigenvalue weighted by Crippen LogP contribution is 2.16. The number of ether oxygens (including phenoxy) is 2. The Hall–Kier alpha value is -3.22. The van der Waals surface area contributed by atoms with Crippen LogP contribution in [0.15, 0.2) is 48.5 Å². The van der Waals surface area contributed by atoms with Crippen LogP contribution < -0.4 is 10.1 Å². The molecule has 0 unspecified atom stereocenters. The van der Waals surface area contributed by atoms with Gasteiger partial charge in [-0.1, -0.05) is 13.8 Å². The van der Waals surface area contributed by atoms with E-state index in [2.05, 4.69) is 5.32 Å². The Morgan fingerprint density at radius 2 is 1.52 bits per heavy atom. The normalized spacial score (nSPS) is 11.6. The van der Waals surface area contributed by atoms with E-state index < -0.39 is 23.7 Å². The molecule has 7 heteroatoms. The van der Waals surface area contributed by atoms with Crippen LogP contribution in [0.5, 0.6) is 5.75 Å². The highest BCUT2D eigenvalue weighted by molar-refractivity contribution is 6.09. The van der Waals surface area contributed by atoms with Crippen molar-refractivity contribution in [1.82, 2.24) is 5.32 Å². The predicted molar refractivity (Wildman–Crippen MR) is 105 cm³/mol. The van der Waals surface area contributed by atoms with E-state index in [0.29, 0.717) is 23.3 Å². The molecule has 6 nitrogen and oxygen atoms in total. The van der Waals surface area contributed by atoms with Crippen molar-refractivity contribution in [2.45, 2.75) is 26.3 Å². The molecule has 0 saturated heterocycles. The first-order valence-corrected chi connectivity index (χ1v) is 9.20. The first kappa shape index (κ1) is 22.1. The number of benzene rings is 2. The van der Waals surface area contributed by atoms with Crippen LogP contribution in [0.4, 0.5) is 4.39 Å². The molecular formula is C22H24FNO5. The minimum Gasteiger partial charge on any atom is -0.484 e. The lowest BCUT2D eigenvalue weighted by atomic mass is 10.0. The van der Waals surface area contributed by atoms with Crippen molar-refractivity contribution in [1.29, 1.82) is 0 Å². The molecule has 0 fully saturated rings. The summed E-state index contributed by atoms with van der Waals surface area (Å²) in [4.78, 5) is 36.2. The maximum atomic E-state index is 13.0. The number of hydrogen-bond donors (Lipinski definition) is 1. The van der Waals surface area contributed by atoms with Crippen molar-refractivity contribution in [3.05, 3.63) is 65.5 Å². The molecule has 0 aliphatic rings. The Morgan fingerprint density at radius 1 is 0.966 bits per heavy atom. The van der Waals surface area contributed by atoms with E-state index in [1.165, 1.54) is 31.4 Å². The number of carbonyl (C=O) groups excluding carboxylic acids is 3. The van der Waals surface area contributed by atoms with E-state index >= 15 is 0 Å². The first-order valence-electron chi connectivity index (χ1n) is 9.20. The molecule has 154 valence electrons. The summed E-state index contributed by atoms with van der Waals surface area (Å²) in [5.41, 5.74) is 0.787. The summed E-state index contributed by atoms with van der Waals surface area (Å²) in [6, 6.07) is 10.8. The number of ketones is 1. The lowest BCUT2D eigenvalue weighted by Gasteiger charge is -2.18. The van der Waals surface area contributed by atoms with Gasteiger partial charge in [0.05, 0.1) is 7.11 Å². The van der Waals surface area contributed by atoms with Gasteiger partial charge >= 0.3 is 5.97 Å². The summed E-state index contributed by atoms with van der Waals surface area (Å²) in [7, 11) is 1.27. The summed E-state index contributed by atoms with van der Waals surface area (Å²) < 4.78 is 23.1. The van der Waals surface area contributed by atoms with Crippen LogP contribution in [-0.4, -0.2) is 37.4 Å². The minimum atomic E-state index is -0.730. The molecule has 0 radical (unpaired) electrons. The van der Waals surface area contributed by atoms with Crippen LogP contribution in [0.2, 0.25) is 0 Å². The second kappa shape index (κ2) is 10.4. The van der Waals surface area contributed by atoms with Gasteiger partial charge in [0.15, 0.2) is 12.4 Å². The van der Waals surface area contributed by atoms with Gasteiger partial charge in [-0.05, 0) is 60.9 Å². The first-order chi connectivity index (χ1) is 13.8. The molecule has 2 rings (SSSR count). The zero-order valence-electron chi connectivity index (χ0n) is 16.6. The molecule has 1 N–H and O–H groups in total. The molecule has 0 spiro atoms. The third kappa shape index (κ3) is 6.71. The van der Waals surface area contributed by atoms with Gasteiger partial charge in [0, 0.05) is 11.1 Å². The third-order valence-electron chi connectivity index (χ3n) is 4.12. The van der Waals surface area contributed by atoms with E-state index in [4.69, 9.17) is 9.47 Å². The predicted octanol–water partition coefficient (Wildman–Crippen LogP) is 3.14. The Balaban J connectivity index is 1.92. The second-order valence-electron chi connectivity index (χ2n) is 6.92. The molecule has 2 aromatic carbocycles. The second-order valence-corrected chi connectivity index (χ2v) is 6.92. The number of amides is 1. The summed E-state index contributed by atoms with van der Waals surface area (Å²) >= 11 is 0. The Morgan fingerprint density at radius 3 is 2.03 bits per heavy atom. The fourth-order valence-corrected chi connectivity index (χ4v) is 2.68. The molecule has 29 heavy (non-hydrogen) atoms. The number of hydrogen-bond acceptors (Lipinski definition) is 5. The number of esters is 1. The van der Waals surface area contributed by atoms with E-state index in [1.807, 2.05) is 13.8 Å². The van der Waals surface area contributed by atoms with Gasteiger partial charge in [-0.25, -0.2) is 9.18 Å². The maximum absolute atomic E-state index is 13.0. The highest BCUT2D eigenvalue weighted by atomic mass is 19.1. The number of carbonyl (C=O) groups is 3. The largest absolute Gasteiger partial charge is 0.484 e. The van der Waals surface area contributed by atoms with Crippen molar-refractivity contribution in [3.63, 3.8) is 0 Å². The maximum Gasteiger partial charge on any atom is 0.328 e. The van der Waals surface area contributed by atoms with Gasteiger partial charge in [-0.2, -0.15) is 0 Å².